The highest BCUT2D eigenvalue weighted by atomic mass is 35.5. The van der Waals surface area contributed by atoms with E-state index in [2.05, 4.69) is 27.5 Å². The minimum Gasteiger partial charge on any atom is -0.497 e. The summed E-state index contributed by atoms with van der Waals surface area (Å²) in [4.78, 5) is 16.9. The molecule has 0 bridgehead atoms. The van der Waals surface area contributed by atoms with Crippen LogP contribution >= 0.6 is 23.8 Å². The quantitative estimate of drug-likeness (QED) is 0.743. The molecule has 0 spiro atoms. The van der Waals surface area contributed by atoms with Crippen molar-refractivity contribution in [3.63, 3.8) is 0 Å². The topological polar surface area (TPSA) is 56.8 Å². The van der Waals surface area contributed by atoms with Gasteiger partial charge >= 0.3 is 0 Å². The Kier molecular flexibility index (Phi) is 6.72. The minimum atomic E-state index is -0.309. The van der Waals surface area contributed by atoms with Gasteiger partial charge in [0.1, 0.15) is 5.75 Å². The molecule has 0 unspecified atom stereocenters. The predicted octanol–water partition coefficient (Wildman–Crippen LogP) is 3.23. The Morgan fingerprint density at radius 1 is 1.14 bits per heavy atom. The van der Waals surface area contributed by atoms with Gasteiger partial charge < -0.3 is 19.9 Å². The van der Waals surface area contributed by atoms with E-state index in [1.165, 1.54) is 0 Å². The average molecular weight is 419 g/mol. The number of amides is 1. The molecule has 148 valence electrons. The van der Waals surface area contributed by atoms with Crippen LogP contribution in [0.5, 0.6) is 5.75 Å². The number of anilines is 2. The van der Waals surface area contributed by atoms with Crippen LogP contribution in [0.3, 0.4) is 0 Å². The fourth-order valence-corrected chi connectivity index (χ4v) is 3.50. The molecule has 6 nitrogen and oxygen atoms in total. The van der Waals surface area contributed by atoms with E-state index in [0.717, 1.165) is 37.6 Å². The molecule has 1 amide bonds. The first-order valence-electron chi connectivity index (χ1n) is 8.95. The number of hydrogen-bond donors (Lipinski definition) is 2. The molecular formula is C20H23ClN4O2S. The van der Waals surface area contributed by atoms with E-state index in [1.54, 1.807) is 31.4 Å². The number of nitrogens with zero attached hydrogens (tertiary/aromatic N) is 2. The normalized spacial score (nSPS) is 14.5. The van der Waals surface area contributed by atoms with Crippen LogP contribution in [0.4, 0.5) is 11.4 Å². The maximum Gasteiger partial charge on any atom is 0.257 e. The highest BCUT2D eigenvalue weighted by Gasteiger charge is 2.17. The maximum absolute atomic E-state index is 12.3. The Bertz CT molecular complexity index is 869. The van der Waals surface area contributed by atoms with Crippen molar-refractivity contribution in [3.05, 3.63) is 53.1 Å². The first-order chi connectivity index (χ1) is 13.5. The molecule has 2 aromatic carbocycles. The molecule has 1 heterocycles. The van der Waals surface area contributed by atoms with Crippen LogP contribution in [-0.4, -0.2) is 56.3 Å². The molecule has 1 aliphatic rings. The summed E-state index contributed by atoms with van der Waals surface area (Å²) in [5, 5.41) is 6.53. The summed E-state index contributed by atoms with van der Waals surface area (Å²) in [5.74, 6) is 0.300. The van der Waals surface area contributed by atoms with Gasteiger partial charge in [0.2, 0.25) is 0 Å². The van der Waals surface area contributed by atoms with Crippen molar-refractivity contribution in [1.29, 1.82) is 0 Å². The number of benzene rings is 2. The third-order valence-electron chi connectivity index (χ3n) is 4.61. The van der Waals surface area contributed by atoms with Crippen molar-refractivity contribution >= 4 is 46.2 Å². The van der Waals surface area contributed by atoms with Crippen molar-refractivity contribution in [2.75, 3.05) is 50.6 Å². The summed E-state index contributed by atoms with van der Waals surface area (Å²) in [6.45, 7) is 3.91. The number of methoxy groups -OCH3 is 1. The van der Waals surface area contributed by atoms with E-state index in [0.29, 0.717) is 16.3 Å². The molecule has 8 heteroatoms. The summed E-state index contributed by atoms with van der Waals surface area (Å²) in [7, 11) is 3.67. The lowest BCUT2D eigenvalue weighted by Gasteiger charge is -2.34. The van der Waals surface area contributed by atoms with Crippen LogP contribution in [0.25, 0.3) is 0 Å². The monoisotopic (exact) mass is 418 g/mol. The van der Waals surface area contributed by atoms with Crippen LogP contribution in [0.1, 0.15) is 10.4 Å². The van der Waals surface area contributed by atoms with Crippen molar-refractivity contribution in [2.24, 2.45) is 0 Å². The molecule has 3 rings (SSSR count). The Morgan fingerprint density at radius 2 is 1.89 bits per heavy atom. The number of ether oxygens (including phenoxy) is 1. The molecular weight excluding hydrogens is 396 g/mol. The van der Waals surface area contributed by atoms with E-state index >= 15 is 0 Å². The Balaban J connectivity index is 1.61. The SMILES string of the molecule is COc1cccc(C(=O)NC(=S)Nc2ccc(N3CCN(C)CC3)c(Cl)c2)c1. The van der Waals surface area contributed by atoms with Gasteiger partial charge in [0.25, 0.3) is 5.91 Å². The lowest BCUT2D eigenvalue weighted by molar-refractivity contribution is 0.0977. The van der Waals surface area contributed by atoms with E-state index in [-0.39, 0.29) is 11.0 Å². The van der Waals surface area contributed by atoms with Crippen LogP contribution in [-0.2, 0) is 0 Å². The molecule has 0 saturated carbocycles. The van der Waals surface area contributed by atoms with Crippen LogP contribution < -0.4 is 20.3 Å². The van der Waals surface area contributed by atoms with Gasteiger partial charge in [-0.3, -0.25) is 10.1 Å². The van der Waals surface area contributed by atoms with Crippen molar-refractivity contribution in [2.45, 2.75) is 0 Å². The number of thiocarbonyl (C=S) groups is 1. The molecule has 1 fully saturated rings. The summed E-state index contributed by atoms with van der Waals surface area (Å²) >= 11 is 11.7. The Morgan fingerprint density at radius 3 is 2.57 bits per heavy atom. The number of carbonyl (C=O) groups excluding carboxylic acids is 1. The van der Waals surface area contributed by atoms with Gasteiger partial charge in [0, 0.05) is 37.4 Å². The smallest absolute Gasteiger partial charge is 0.257 e. The van der Waals surface area contributed by atoms with Gasteiger partial charge in [0.05, 0.1) is 17.8 Å². The fourth-order valence-electron chi connectivity index (χ4n) is 2.99. The average Bonchev–Trinajstić information content (AvgIpc) is 2.69. The van der Waals surface area contributed by atoms with Gasteiger partial charge in [-0.1, -0.05) is 17.7 Å². The largest absolute Gasteiger partial charge is 0.497 e. The highest BCUT2D eigenvalue weighted by Crippen LogP contribution is 2.29. The summed E-state index contributed by atoms with van der Waals surface area (Å²) in [5.41, 5.74) is 2.19. The number of carbonyl (C=O) groups is 1. The molecule has 28 heavy (non-hydrogen) atoms. The van der Waals surface area contributed by atoms with Crippen molar-refractivity contribution in [1.82, 2.24) is 10.2 Å². The lowest BCUT2D eigenvalue weighted by Crippen LogP contribution is -2.44. The van der Waals surface area contributed by atoms with E-state index in [9.17, 15) is 4.79 Å². The zero-order valence-corrected chi connectivity index (χ0v) is 17.4. The standard InChI is InChI=1S/C20H23ClN4O2S/c1-24-8-10-25(11-9-24)18-7-6-15(13-17(18)21)22-20(28)23-19(26)14-4-3-5-16(12-14)27-2/h3-7,12-13H,8-11H2,1-2H3,(H2,22,23,26,28). The molecule has 0 atom stereocenters. The van der Waals surface area contributed by atoms with Gasteiger partial charge in [-0.25, -0.2) is 0 Å². The van der Waals surface area contributed by atoms with Crippen LogP contribution in [0.15, 0.2) is 42.5 Å². The molecule has 0 aromatic heterocycles. The van der Waals surface area contributed by atoms with Gasteiger partial charge in [-0.15, -0.1) is 0 Å². The minimum absolute atomic E-state index is 0.205. The number of rotatable bonds is 4. The Hall–Kier alpha value is -2.35. The summed E-state index contributed by atoms with van der Waals surface area (Å²) in [6.07, 6.45) is 0. The van der Waals surface area contributed by atoms with E-state index < -0.39 is 0 Å². The van der Waals surface area contributed by atoms with Crippen LogP contribution in [0.2, 0.25) is 5.02 Å². The number of likely N-dealkylation sites (N-methyl/N-ethyl adjacent to an activating group) is 1. The Labute approximate surface area is 175 Å². The molecule has 2 N–H and O–H groups in total. The number of nitrogens with one attached hydrogen (secondary N) is 2. The number of halogens is 1. The van der Waals surface area contributed by atoms with Gasteiger partial charge in [-0.05, 0) is 55.7 Å². The number of piperazine rings is 1. The lowest BCUT2D eigenvalue weighted by atomic mass is 10.2. The third-order valence-corrected chi connectivity index (χ3v) is 5.12. The molecule has 0 aliphatic carbocycles. The summed E-state index contributed by atoms with van der Waals surface area (Å²) in [6, 6.07) is 12.6. The molecule has 1 aliphatic heterocycles. The highest BCUT2D eigenvalue weighted by molar-refractivity contribution is 7.80. The first kappa shape index (κ1) is 20.4. The van der Waals surface area contributed by atoms with Gasteiger partial charge in [-0.2, -0.15) is 0 Å². The second-order valence-electron chi connectivity index (χ2n) is 6.60. The fraction of sp³-hybridized carbons (Fsp3) is 0.300. The van der Waals surface area contributed by atoms with E-state index in [4.69, 9.17) is 28.6 Å². The molecule has 2 aromatic rings. The van der Waals surface area contributed by atoms with Crippen molar-refractivity contribution in [3.8, 4) is 5.75 Å². The zero-order valence-electron chi connectivity index (χ0n) is 15.9. The first-order valence-corrected chi connectivity index (χ1v) is 9.74. The zero-order chi connectivity index (χ0) is 20.1. The maximum atomic E-state index is 12.3. The van der Waals surface area contributed by atoms with Gasteiger partial charge in [0.15, 0.2) is 5.11 Å². The summed E-state index contributed by atoms with van der Waals surface area (Å²) < 4.78 is 5.14. The van der Waals surface area contributed by atoms with Crippen LogP contribution in [0, 0.1) is 0 Å². The third kappa shape index (κ3) is 5.13. The second kappa shape index (κ2) is 9.23. The molecule has 0 radical (unpaired) electrons. The number of hydrogen-bond acceptors (Lipinski definition) is 5. The van der Waals surface area contributed by atoms with Crippen molar-refractivity contribution < 1.29 is 9.53 Å². The molecule has 1 saturated heterocycles. The second-order valence-corrected chi connectivity index (χ2v) is 7.41. The van der Waals surface area contributed by atoms with E-state index in [1.807, 2.05) is 18.2 Å². The predicted molar refractivity (Wildman–Crippen MR) is 118 cm³/mol.